The van der Waals surface area contributed by atoms with Gasteiger partial charge in [-0.3, -0.25) is 0 Å². The van der Waals surface area contributed by atoms with E-state index in [1.807, 2.05) is 31.2 Å². The summed E-state index contributed by atoms with van der Waals surface area (Å²) in [6, 6.07) is 7.73. The molecule has 6 heteroatoms. The van der Waals surface area contributed by atoms with Gasteiger partial charge in [-0.2, -0.15) is 0 Å². The number of nitrogens with one attached hydrogen (secondary N) is 2. The van der Waals surface area contributed by atoms with Gasteiger partial charge in [0, 0.05) is 36.4 Å². The lowest BCUT2D eigenvalue weighted by atomic mass is 10.2. The second-order valence-corrected chi connectivity index (χ2v) is 6.10. The number of anilines is 1. The number of aliphatic hydroxyl groups excluding tert-OH is 1. The summed E-state index contributed by atoms with van der Waals surface area (Å²) in [5, 5.41) is 15.9. The predicted molar refractivity (Wildman–Crippen MR) is 89.5 cm³/mol. The number of hydrogen-bond acceptors (Lipinski definition) is 3. The first-order valence-electron chi connectivity index (χ1n) is 7.81. The van der Waals surface area contributed by atoms with Crippen molar-refractivity contribution < 1.29 is 9.90 Å². The first-order valence-corrected chi connectivity index (χ1v) is 8.19. The fourth-order valence-electron chi connectivity index (χ4n) is 2.58. The highest BCUT2D eigenvalue weighted by atomic mass is 35.5. The summed E-state index contributed by atoms with van der Waals surface area (Å²) in [6.45, 7) is 4.10. The van der Waals surface area contributed by atoms with Crippen LogP contribution in [0.1, 0.15) is 26.2 Å². The molecule has 2 amide bonds. The summed E-state index contributed by atoms with van der Waals surface area (Å²) in [5.41, 5.74) is 1.09. The molecule has 5 nitrogen and oxygen atoms in total. The van der Waals surface area contributed by atoms with Gasteiger partial charge >= 0.3 is 6.03 Å². The third-order valence-corrected chi connectivity index (χ3v) is 4.17. The zero-order chi connectivity index (χ0) is 15.9. The van der Waals surface area contributed by atoms with Crippen LogP contribution in [0.3, 0.4) is 0 Å². The Morgan fingerprint density at radius 3 is 3.09 bits per heavy atom. The Labute approximate surface area is 136 Å². The fourth-order valence-corrected chi connectivity index (χ4v) is 2.76. The molecule has 2 rings (SSSR count). The molecule has 2 unspecified atom stereocenters. The number of rotatable bonds is 6. The molecule has 0 bridgehead atoms. The molecule has 1 aromatic carbocycles. The molecule has 1 aliphatic heterocycles. The van der Waals surface area contributed by atoms with Gasteiger partial charge < -0.3 is 20.6 Å². The zero-order valence-electron chi connectivity index (χ0n) is 12.9. The van der Waals surface area contributed by atoms with Crippen molar-refractivity contribution in [3.8, 4) is 0 Å². The van der Waals surface area contributed by atoms with E-state index in [1.54, 1.807) is 0 Å². The molecule has 0 aromatic heterocycles. The van der Waals surface area contributed by atoms with E-state index in [2.05, 4.69) is 15.5 Å². The molecule has 0 radical (unpaired) electrons. The van der Waals surface area contributed by atoms with E-state index in [0.717, 1.165) is 30.2 Å². The molecule has 3 N–H and O–H groups in total. The van der Waals surface area contributed by atoms with Crippen molar-refractivity contribution >= 4 is 23.3 Å². The number of carbonyl (C=O) groups is 1. The molecule has 1 saturated heterocycles. The van der Waals surface area contributed by atoms with Crippen LogP contribution in [0.25, 0.3) is 0 Å². The number of benzene rings is 1. The van der Waals surface area contributed by atoms with Crippen LogP contribution in [-0.4, -0.2) is 42.9 Å². The highest BCUT2D eigenvalue weighted by molar-refractivity contribution is 6.30. The van der Waals surface area contributed by atoms with Crippen molar-refractivity contribution in [2.75, 3.05) is 24.5 Å². The quantitative estimate of drug-likeness (QED) is 0.752. The number of carbonyl (C=O) groups excluding carboxylic acids is 1. The Bertz CT molecular complexity index is 498. The van der Waals surface area contributed by atoms with Gasteiger partial charge in [0.1, 0.15) is 0 Å². The minimum Gasteiger partial charge on any atom is -0.393 e. The molecule has 1 aromatic rings. The van der Waals surface area contributed by atoms with Gasteiger partial charge in [0.05, 0.1) is 6.10 Å². The second kappa shape index (κ2) is 8.25. The molecular weight excluding hydrogens is 302 g/mol. The van der Waals surface area contributed by atoms with Crippen LogP contribution in [0.15, 0.2) is 24.3 Å². The van der Waals surface area contributed by atoms with Crippen molar-refractivity contribution in [3.63, 3.8) is 0 Å². The normalized spacial score (nSPS) is 19.0. The van der Waals surface area contributed by atoms with E-state index in [4.69, 9.17) is 11.6 Å². The van der Waals surface area contributed by atoms with E-state index in [1.165, 1.54) is 0 Å². The summed E-state index contributed by atoms with van der Waals surface area (Å²) in [4.78, 5) is 14.0. The van der Waals surface area contributed by atoms with Crippen LogP contribution >= 0.6 is 11.6 Å². The maximum Gasteiger partial charge on any atom is 0.315 e. The predicted octanol–water partition coefficient (Wildman–Crippen LogP) is 2.38. The average Bonchev–Trinajstić information content (AvgIpc) is 2.95. The van der Waals surface area contributed by atoms with Gasteiger partial charge in [-0.05, 0) is 37.5 Å². The van der Waals surface area contributed by atoms with E-state index >= 15 is 0 Å². The lowest BCUT2D eigenvalue weighted by Crippen LogP contribution is -2.44. The Balaban J connectivity index is 1.73. The van der Waals surface area contributed by atoms with Crippen molar-refractivity contribution in [2.24, 2.45) is 0 Å². The first-order chi connectivity index (χ1) is 10.6. The maximum atomic E-state index is 11.8. The first kappa shape index (κ1) is 16.9. The monoisotopic (exact) mass is 325 g/mol. The van der Waals surface area contributed by atoms with Crippen molar-refractivity contribution in [1.82, 2.24) is 10.6 Å². The third-order valence-electron chi connectivity index (χ3n) is 3.93. The topological polar surface area (TPSA) is 64.6 Å². The average molecular weight is 326 g/mol. The molecule has 22 heavy (non-hydrogen) atoms. The van der Waals surface area contributed by atoms with Crippen LogP contribution < -0.4 is 15.5 Å². The summed E-state index contributed by atoms with van der Waals surface area (Å²) >= 11 is 6.01. The molecular formula is C16H24ClN3O2. The molecule has 0 aliphatic carbocycles. The molecule has 1 heterocycles. The summed E-state index contributed by atoms with van der Waals surface area (Å²) in [5.74, 6) is 0. The van der Waals surface area contributed by atoms with Gasteiger partial charge in [-0.15, -0.1) is 0 Å². The minimum atomic E-state index is -0.342. The molecule has 0 spiro atoms. The Kier molecular flexibility index (Phi) is 6.34. The Morgan fingerprint density at radius 2 is 2.36 bits per heavy atom. The van der Waals surface area contributed by atoms with Gasteiger partial charge in [0.25, 0.3) is 0 Å². The molecule has 2 atom stereocenters. The second-order valence-electron chi connectivity index (χ2n) is 5.66. The lowest BCUT2D eigenvalue weighted by Gasteiger charge is -2.19. The van der Waals surface area contributed by atoms with Crippen LogP contribution in [-0.2, 0) is 0 Å². The molecule has 0 saturated carbocycles. The van der Waals surface area contributed by atoms with E-state index < -0.39 is 0 Å². The largest absolute Gasteiger partial charge is 0.393 e. The highest BCUT2D eigenvalue weighted by Gasteiger charge is 2.24. The van der Waals surface area contributed by atoms with Crippen LogP contribution in [0.2, 0.25) is 5.02 Å². The fraction of sp³-hybridized carbons (Fsp3) is 0.562. The van der Waals surface area contributed by atoms with Gasteiger partial charge in [-0.25, -0.2) is 4.79 Å². The SMILES string of the molecule is CCC(O)CCNC(=O)NC1CCN(c2cccc(Cl)c2)C1. The van der Waals surface area contributed by atoms with Crippen LogP contribution in [0.5, 0.6) is 0 Å². The smallest absolute Gasteiger partial charge is 0.315 e. The van der Waals surface area contributed by atoms with Gasteiger partial charge in [-0.1, -0.05) is 24.6 Å². The van der Waals surface area contributed by atoms with Gasteiger partial charge in [0.15, 0.2) is 0 Å². The van der Waals surface area contributed by atoms with E-state index in [-0.39, 0.29) is 18.2 Å². The zero-order valence-corrected chi connectivity index (χ0v) is 13.6. The van der Waals surface area contributed by atoms with Crippen LogP contribution in [0, 0.1) is 0 Å². The lowest BCUT2D eigenvalue weighted by molar-refractivity contribution is 0.160. The van der Waals surface area contributed by atoms with Crippen LogP contribution in [0.4, 0.5) is 10.5 Å². The number of nitrogens with zero attached hydrogens (tertiary/aromatic N) is 1. The maximum absolute atomic E-state index is 11.8. The van der Waals surface area contributed by atoms with E-state index in [9.17, 15) is 9.90 Å². The summed E-state index contributed by atoms with van der Waals surface area (Å²) in [7, 11) is 0. The minimum absolute atomic E-state index is 0.134. The Morgan fingerprint density at radius 1 is 1.55 bits per heavy atom. The number of hydrogen-bond donors (Lipinski definition) is 3. The highest BCUT2D eigenvalue weighted by Crippen LogP contribution is 2.23. The van der Waals surface area contributed by atoms with Gasteiger partial charge in [0.2, 0.25) is 0 Å². The number of aliphatic hydroxyl groups is 1. The molecule has 1 fully saturated rings. The van der Waals surface area contributed by atoms with Crippen molar-refractivity contribution in [2.45, 2.75) is 38.3 Å². The van der Waals surface area contributed by atoms with E-state index in [0.29, 0.717) is 19.4 Å². The summed E-state index contributed by atoms with van der Waals surface area (Å²) < 4.78 is 0. The number of amides is 2. The standard InChI is InChI=1S/C16H24ClN3O2/c1-2-15(21)6-8-18-16(22)19-13-7-9-20(11-13)14-5-3-4-12(17)10-14/h3-5,10,13,15,21H,2,6-9,11H2,1H3,(H2,18,19,22). The number of halogens is 1. The van der Waals surface area contributed by atoms with Crippen molar-refractivity contribution in [3.05, 3.63) is 29.3 Å². The van der Waals surface area contributed by atoms with Crippen molar-refractivity contribution in [1.29, 1.82) is 0 Å². The number of urea groups is 1. The summed E-state index contributed by atoms with van der Waals surface area (Å²) in [6.07, 6.45) is 1.87. The Hall–Kier alpha value is -1.46. The third kappa shape index (κ3) is 5.07. The molecule has 1 aliphatic rings. The molecule has 122 valence electrons.